The Bertz CT molecular complexity index is 1200. The normalized spacial score (nSPS) is 11.3. The smallest absolute Gasteiger partial charge is 0.248 e. The molecule has 0 radical (unpaired) electrons. The van der Waals surface area contributed by atoms with Crippen LogP contribution in [-0.4, -0.2) is 15.3 Å². The Hall–Kier alpha value is -3.66. The highest BCUT2D eigenvalue weighted by Gasteiger charge is 2.12. The molecule has 1 amide bonds. The molecule has 1 N–H and O–H groups in total. The number of hydrogen-bond acceptors (Lipinski definition) is 2. The average molecular weight is 381 g/mol. The number of pyridine rings is 1. The minimum atomic E-state index is -0.175. The summed E-state index contributed by atoms with van der Waals surface area (Å²) in [7, 11) is 0. The van der Waals surface area contributed by atoms with Crippen LogP contribution in [0.25, 0.3) is 23.0 Å². The van der Waals surface area contributed by atoms with Crippen LogP contribution in [0.5, 0.6) is 0 Å². The number of aromatic nitrogens is 2. The van der Waals surface area contributed by atoms with Gasteiger partial charge in [0, 0.05) is 23.5 Å². The summed E-state index contributed by atoms with van der Waals surface area (Å²) in [5.41, 5.74) is 7.89. The summed E-state index contributed by atoms with van der Waals surface area (Å²) in [5, 5.41) is 2.90. The maximum Gasteiger partial charge on any atom is 0.248 e. The lowest BCUT2D eigenvalue weighted by Crippen LogP contribution is -2.07. The zero-order valence-corrected chi connectivity index (χ0v) is 16.8. The number of benzene rings is 2. The molecule has 4 heteroatoms. The molecule has 4 aromatic rings. The molecule has 2 aromatic heterocycles. The van der Waals surface area contributed by atoms with Gasteiger partial charge in [-0.05, 0) is 56.7 Å². The number of amides is 1. The minimum Gasteiger partial charge on any atom is -0.323 e. The van der Waals surface area contributed by atoms with E-state index in [1.165, 1.54) is 5.56 Å². The lowest BCUT2D eigenvalue weighted by Gasteiger charge is -2.04. The Balaban J connectivity index is 1.70. The summed E-state index contributed by atoms with van der Waals surface area (Å²) in [6.07, 6.45) is 5.38. The number of anilines is 1. The standard InChI is InChI=1S/C25H23N3O/c1-17-4-8-20(9-5-17)25-22(28-15-14-19(3)16-23(28)27-25)12-13-24(29)26-21-10-6-18(2)7-11-21/h4-16H,1-3H3,(H,26,29)/b13-12+. The van der Waals surface area contributed by atoms with Crippen molar-refractivity contribution in [2.75, 3.05) is 5.32 Å². The van der Waals surface area contributed by atoms with Gasteiger partial charge in [-0.1, -0.05) is 47.5 Å². The van der Waals surface area contributed by atoms with Crippen LogP contribution in [0.4, 0.5) is 5.69 Å². The molecule has 0 saturated heterocycles. The number of carbonyl (C=O) groups excluding carboxylic acids is 1. The SMILES string of the molecule is Cc1ccc(NC(=O)/C=C/c2c(-c3ccc(C)cc3)nc3cc(C)ccn23)cc1. The van der Waals surface area contributed by atoms with Gasteiger partial charge in [0.25, 0.3) is 0 Å². The van der Waals surface area contributed by atoms with Crippen molar-refractivity contribution in [3.63, 3.8) is 0 Å². The van der Waals surface area contributed by atoms with Crippen molar-refractivity contribution in [3.8, 4) is 11.3 Å². The van der Waals surface area contributed by atoms with Crippen LogP contribution in [0.2, 0.25) is 0 Å². The molecule has 0 saturated carbocycles. The van der Waals surface area contributed by atoms with Gasteiger partial charge in [0.2, 0.25) is 5.91 Å². The first-order chi connectivity index (χ1) is 14.0. The van der Waals surface area contributed by atoms with Gasteiger partial charge in [0.1, 0.15) is 5.65 Å². The summed E-state index contributed by atoms with van der Waals surface area (Å²) in [5.74, 6) is -0.175. The second-order valence-electron chi connectivity index (χ2n) is 7.33. The predicted molar refractivity (Wildman–Crippen MR) is 119 cm³/mol. The van der Waals surface area contributed by atoms with Gasteiger partial charge in [-0.25, -0.2) is 4.98 Å². The third kappa shape index (κ3) is 4.11. The molecule has 4 nitrogen and oxygen atoms in total. The minimum absolute atomic E-state index is 0.175. The topological polar surface area (TPSA) is 46.4 Å². The predicted octanol–water partition coefficient (Wildman–Crippen LogP) is 5.58. The van der Waals surface area contributed by atoms with Crippen molar-refractivity contribution in [1.29, 1.82) is 0 Å². The van der Waals surface area contributed by atoms with Crippen LogP contribution in [0.3, 0.4) is 0 Å². The molecule has 0 aliphatic heterocycles. The lowest BCUT2D eigenvalue weighted by atomic mass is 10.1. The molecule has 144 valence electrons. The van der Waals surface area contributed by atoms with Gasteiger partial charge in [-0.2, -0.15) is 0 Å². The van der Waals surface area contributed by atoms with Crippen molar-refractivity contribution in [3.05, 3.63) is 95.3 Å². The summed E-state index contributed by atoms with van der Waals surface area (Å²) in [4.78, 5) is 17.3. The number of carbonyl (C=O) groups is 1. The molecular weight excluding hydrogens is 358 g/mol. The van der Waals surface area contributed by atoms with E-state index in [0.29, 0.717) is 0 Å². The summed E-state index contributed by atoms with van der Waals surface area (Å²) >= 11 is 0. The highest BCUT2D eigenvalue weighted by Crippen LogP contribution is 2.26. The summed E-state index contributed by atoms with van der Waals surface area (Å²) in [6, 6.07) is 20.1. The number of aryl methyl sites for hydroxylation is 3. The second-order valence-corrected chi connectivity index (χ2v) is 7.33. The Kier molecular flexibility index (Phi) is 5.00. The second kappa shape index (κ2) is 7.76. The van der Waals surface area contributed by atoms with Gasteiger partial charge in [0.05, 0.1) is 11.4 Å². The third-order valence-corrected chi connectivity index (χ3v) is 4.86. The lowest BCUT2D eigenvalue weighted by molar-refractivity contribution is -0.111. The van der Waals surface area contributed by atoms with Crippen molar-refractivity contribution in [2.24, 2.45) is 0 Å². The number of nitrogens with one attached hydrogen (secondary N) is 1. The highest BCUT2D eigenvalue weighted by molar-refractivity contribution is 6.02. The van der Waals surface area contributed by atoms with Crippen molar-refractivity contribution in [1.82, 2.24) is 9.38 Å². The van der Waals surface area contributed by atoms with Crippen LogP contribution < -0.4 is 5.32 Å². The zero-order chi connectivity index (χ0) is 20.4. The van der Waals surface area contributed by atoms with Crippen LogP contribution in [0.15, 0.2) is 72.9 Å². The van der Waals surface area contributed by atoms with Gasteiger partial charge < -0.3 is 5.32 Å². The largest absolute Gasteiger partial charge is 0.323 e. The first-order valence-corrected chi connectivity index (χ1v) is 9.61. The fourth-order valence-corrected chi connectivity index (χ4v) is 3.22. The van der Waals surface area contributed by atoms with Gasteiger partial charge in [-0.3, -0.25) is 9.20 Å². The third-order valence-electron chi connectivity index (χ3n) is 4.86. The molecule has 4 rings (SSSR count). The molecule has 0 atom stereocenters. The molecule has 2 aromatic carbocycles. The molecule has 29 heavy (non-hydrogen) atoms. The molecule has 0 spiro atoms. The maximum absolute atomic E-state index is 12.4. The Labute approximate surface area is 170 Å². The molecule has 0 aliphatic carbocycles. The van der Waals surface area contributed by atoms with Crippen LogP contribution in [0, 0.1) is 20.8 Å². The van der Waals surface area contributed by atoms with E-state index in [1.807, 2.05) is 66.9 Å². The molecule has 2 heterocycles. The molecule has 0 unspecified atom stereocenters. The van der Waals surface area contributed by atoms with E-state index in [1.54, 1.807) is 6.08 Å². The van der Waals surface area contributed by atoms with Gasteiger partial charge >= 0.3 is 0 Å². The quantitative estimate of drug-likeness (QED) is 0.469. The van der Waals surface area contributed by atoms with Crippen molar-refractivity contribution < 1.29 is 4.79 Å². The summed E-state index contributed by atoms with van der Waals surface area (Å²) < 4.78 is 2.01. The number of nitrogens with zero attached hydrogens (tertiary/aromatic N) is 2. The van der Waals surface area contributed by atoms with Crippen molar-refractivity contribution in [2.45, 2.75) is 20.8 Å². The number of rotatable bonds is 4. The first kappa shape index (κ1) is 18.7. The van der Waals surface area contributed by atoms with E-state index < -0.39 is 0 Å². The van der Waals surface area contributed by atoms with Gasteiger partial charge in [0.15, 0.2) is 0 Å². The number of fused-ring (bicyclic) bond motifs is 1. The average Bonchev–Trinajstić information content (AvgIpc) is 3.06. The molecule has 0 aliphatic rings. The fraction of sp³-hybridized carbons (Fsp3) is 0.120. The van der Waals surface area contributed by atoms with E-state index in [2.05, 4.69) is 36.5 Å². The van der Waals surface area contributed by atoms with E-state index >= 15 is 0 Å². The molecule has 0 bridgehead atoms. The van der Waals surface area contributed by atoms with E-state index in [0.717, 1.165) is 39.4 Å². The first-order valence-electron chi connectivity index (χ1n) is 9.61. The monoisotopic (exact) mass is 381 g/mol. The van der Waals surface area contributed by atoms with Crippen LogP contribution in [-0.2, 0) is 4.79 Å². The van der Waals surface area contributed by atoms with Gasteiger partial charge in [-0.15, -0.1) is 0 Å². The number of imidazole rings is 1. The van der Waals surface area contributed by atoms with Crippen LogP contribution >= 0.6 is 0 Å². The molecule has 0 fully saturated rings. The Morgan fingerprint density at radius 2 is 1.55 bits per heavy atom. The fourth-order valence-electron chi connectivity index (χ4n) is 3.22. The van der Waals surface area contributed by atoms with E-state index in [-0.39, 0.29) is 5.91 Å². The van der Waals surface area contributed by atoms with E-state index in [4.69, 9.17) is 4.98 Å². The Morgan fingerprint density at radius 1 is 0.897 bits per heavy atom. The summed E-state index contributed by atoms with van der Waals surface area (Å²) in [6.45, 7) is 6.13. The van der Waals surface area contributed by atoms with Crippen molar-refractivity contribution >= 4 is 23.3 Å². The zero-order valence-electron chi connectivity index (χ0n) is 16.8. The van der Waals surface area contributed by atoms with E-state index in [9.17, 15) is 4.79 Å². The molecular formula is C25H23N3O. The van der Waals surface area contributed by atoms with Crippen LogP contribution in [0.1, 0.15) is 22.4 Å². The highest BCUT2D eigenvalue weighted by atomic mass is 16.1. The Morgan fingerprint density at radius 3 is 2.24 bits per heavy atom. The number of hydrogen-bond donors (Lipinski definition) is 1. The maximum atomic E-state index is 12.4.